The maximum atomic E-state index is 5.40. The highest BCUT2D eigenvalue weighted by Gasteiger charge is 2.10. The number of nitrogens with one attached hydrogen (secondary N) is 2. The first kappa shape index (κ1) is 17.6. The number of hydrogen-bond acceptors (Lipinski definition) is 3. The number of rotatable bonds is 6. The maximum Gasteiger partial charge on any atom is 0.191 e. The lowest BCUT2D eigenvalue weighted by atomic mass is 10.2. The third-order valence-corrected chi connectivity index (χ3v) is 4.07. The van der Waals surface area contributed by atoms with E-state index in [1.54, 1.807) is 0 Å². The molecule has 0 amide bonds. The van der Waals surface area contributed by atoms with Crippen LogP contribution < -0.4 is 15.5 Å². The summed E-state index contributed by atoms with van der Waals surface area (Å²) in [4.78, 5) is 7.04. The van der Waals surface area contributed by atoms with Gasteiger partial charge in [0.15, 0.2) is 5.96 Å². The van der Waals surface area contributed by atoms with Crippen LogP contribution in [-0.2, 0) is 11.3 Å². The van der Waals surface area contributed by atoms with Crippen molar-refractivity contribution in [2.24, 2.45) is 4.99 Å². The Hall–Kier alpha value is -1.75. The summed E-state index contributed by atoms with van der Waals surface area (Å²) in [7, 11) is 0. The minimum atomic E-state index is 0.427. The molecule has 5 heteroatoms. The van der Waals surface area contributed by atoms with Gasteiger partial charge in [0.25, 0.3) is 0 Å². The first-order chi connectivity index (χ1) is 11.2. The summed E-state index contributed by atoms with van der Waals surface area (Å²) in [5, 5.41) is 6.72. The van der Waals surface area contributed by atoms with E-state index in [0.717, 1.165) is 45.2 Å². The third-order valence-electron chi connectivity index (χ3n) is 4.07. The van der Waals surface area contributed by atoms with Crippen molar-refractivity contribution in [2.75, 3.05) is 37.7 Å². The fourth-order valence-corrected chi connectivity index (χ4v) is 2.46. The minimum Gasteiger partial charge on any atom is -0.378 e. The number of nitrogens with zero attached hydrogens (tertiary/aromatic N) is 2. The van der Waals surface area contributed by atoms with Crippen molar-refractivity contribution in [3.8, 4) is 0 Å². The van der Waals surface area contributed by atoms with Crippen LogP contribution in [0, 0.1) is 0 Å². The normalized spacial score (nSPS) is 17.0. The van der Waals surface area contributed by atoms with Gasteiger partial charge in [-0.15, -0.1) is 0 Å². The Balaban J connectivity index is 1.94. The molecule has 1 aromatic carbocycles. The molecule has 0 bridgehead atoms. The SMILES string of the molecule is CCNC(=NCc1ccc(N2CCOCC2)cc1)NC(C)CC. The van der Waals surface area contributed by atoms with Crippen LogP contribution in [0.4, 0.5) is 5.69 Å². The van der Waals surface area contributed by atoms with E-state index in [0.29, 0.717) is 12.6 Å². The topological polar surface area (TPSA) is 48.9 Å². The summed E-state index contributed by atoms with van der Waals surface area (Å²) in [6, 6.07) is 9.13. The molecule has 1 aliphatic heterocycles. The predicted molar refractivity (Wildman–Crippen MR) is 97.2 cm³/mol. The van der Waals surface area contributed by atoms with E-state index in [1.807, 2.05) is 0 Å². The van der Waals surface area contributed by atoms with Crippen LogP contribution in [0.2, 0.25) is 0 Å². The van der Waals surface area contributed by atoms with Crippen molar-refractivity contribution >= 4 is 11.6 Å². The van der Waals surface area contributed by atoms with E-state index < -0.39 is 0 Å². The average molecular weight is 318 g/mol. The molecule has 128 valence electrons. The molecular formula is C18H30N4O. The maximum absolute atomic E-state index is 5.40. The second-order valence-electron chi connectivity index (χ2n) is 5.91. The van der Waals surface area contributed by atoms with E-state index in [-0.39, 0.29) is 0 Å². The molecule has 23 heavy (non-hydrogen) atoms. The number of guanidine groups is 1. The first-order valence-corrected chi connectivity index (χ1v) is 8.69. The van der Waals surface area contributed by atoms with Crippen molar-refractivity contribution in [3.05, 3.63) is 29.8 Å². The molecular weight excluding hydrogens is 288 g/mol. The summed E-state index contributed by atoms with van der Waals surface area (Å²) in [5.41, 5.74) is 2.49. The van der Waals surface area contributed by atoms with E-state index in [1.165, 1.54) is 11.3 Å². The molecule has 5 nitrogen and oxygen atoms in total. The monoisotopic (exact) mass is 318 g/mol. The molecule has 1 unspecified atom stereocenters. The molecule has 0 aromatic heterocycles. The van der Waals surface area contributed by atoms with Crippen LogP contribution in [0.15, 0.2) is 29.3 Å². The largest absolute Gasteiger partial charge is 0.378 e. The van der Waals surface area contributed by atoms with Gasteiger partial charge in [-0.25, -0.2) is 4.99 Å². The van der Waals surface area contributed by atoms with Crippen LogP contribution >= 0.6 is 0 Å². The molecule has 1 aromatic rings. The molecule has 1 atom stereocenters. The number of anilines is 1. The molecule has 0 radical (unpaired) electrons. The number of morpholine rings is 1. The van der Waals surface area contributed by atoms with E-state index in [2.05, 4.69) is 65.6 Å². The summed E-state index contributed by atoms with van der Waals surface area (Å²) >= 11 is 0. The Morgan fingerprint density at radius 3 is 2.52 bits per heavy atom. The standard InChI is InChI=1S/C18H30N4O/c1-4-15(3)21-18(19-5-2)20-14-16-6-8-17(9-7-16)22-10-12-23-13-11-22/h6-9,15H,4-5,10-14H2,1-3H3,(H2,19,20,21). The zero-order valence-electron chi connectivity index (χ0n) is 14.6. The van der Waals surface area contributed by atoms with E-state index >= 15 is 0 Å². The third kappa shape index (κ3) is 5.75. The number of hydrogen-bond donors (Lipinski definition) is 2. The molecule has 2 rings (SSSR count). The van der Waals surface area contributed by atoms with Crippen LogP contribution in [-0.4, -0.2) is 44.8 Å². The van der Waals surface area contributed by atoms with Crippen LogP contribution in [0.5, 0.6) is 0 Å². The zero-order chi connectivity index (χ0) is 16.5. The van der Waals surface area contributed by atoms with Gasteiger partial charge in [-0.3, -0.25) is 0 Å². The van der Waals surface area contributed by atoms with Gasteiger partial charge >= 0.3 is 0 Å². The Morgan fingerprint density at radius 2 is 1.91 bits per heavy atom. The Bertz CT molecular complexity index is 480. The predicted octanol–water partition coefficient (Wildman–Crippen LogP) is 2.38. The van der Waals surface area contributed by atoms with Crippen molar-refractivity contribution in [1.82, 2.24) is 10.6 Å². The quantitative estimate of drug-likeness (QED) is 0.624. The second kappa shape index (κ2) is 9.40. The van der Waals surface area contributed by atoms with Crippen molar-refractivity contribution < 1.29 is 4.74 Å². The highest BCUT2D eigenvalue weighted by Crippen LogP contribution is 2.17. The van der Waals surface area contributed by atoms with E-state index in [9.17, 15) is 0 Å². The first-order valence-electron chi connectivity index (χ1n) is 8.69. The van der Waals surface area contributed by atoms with Gasteiger partial charge in [-0.05, 0) is 38.0 Å². The van der Waals surface area contributed by atoms with Gasteiger partial charge in [0.1, 0.15) is 0 Å². The van der Waals surface area contributed by atoms with Gasteiger partial charge in [0.05, 0.1) is 19.8 Å². The highest BCUT2D eigenvalue weighted by molar-refractivity contribution is 5.80. The Kier molecular flexibility index (Phi) is 7.20. The van der Waals surface area contributed by atoms with Crippen LogP contribution in [0.1, 0.15) is 32.8 Å². The molecule has 1 saturated heterocycles. The number of aliphatic imine (C=N–C) groups is 1. The summed E-state index contributed by atoms with van der Waals surface area (Å²) in [6.07, 6.45) is 1.08. The molecule has 1 aliphatic rings. The van der Waals surface area contributed by atoms with Crippen molar-refractivity contribution in [1.29, 1.82) is 0 Å². The zero-order valence-corrected chi connectivity index (χ0v) is 14.6. The number of ether oxygens (including phenoxy) is 1. The Labute approximate surface area is 140 Å². The lowest BCUT2D eigenvalue weighted by Crippen LogP contribution is -2.41. The number of benzene rings is 1. The lowest BCUT2D eigenvalue weighted by Gasteiger charge is -2.28. The van der Waals surface area contributed by atoms with Gasteiger partial charge in [-0.1, -0.05) is 19.1 Å². The fraction of sp³-hybridized carbons (Fsp3) is 0.611. The summed E-state index contributed by atoms with van der Waals surface area (Å²) in [6.45, 7) is 11.6. The average Bonchev–Trinajstić information content (AvgIpc) is 2.61. The van der Waals surface area contributed by atoms with Crippen molar-refractivity contribution in [3.63, 3.8) is 0 Å². The van der Waals surface area contributed by atoms with E-state index in [4.69, 9.17) is 4.74 Å². The fourth-order valence-electron chi connectivity index (χ4n) is 2.46. The molecule has 0 spiro atoms. The Morgan fingerprint density at radius 1 is 1.22 bits per heavy atom. The van der Waals surface area contributed by atoms with Gasteiger partial charge in [0, 0.05) is 31.4 Å². The van der Waals surface area contributed by atoms with Crippen LogP contribution in [0.25, 0.3) is 0 Å². The minimum absolute atomic E-state index is 0.427. The smallest absolute Gasteiger partial charge is 0.191 e. The van der Waals surface area contributed by atoms with Crippen LogP contribution in [0.3, 0.4) is 0 Å². The molecule has 0 saturated carbocycles. The van der Waals surface area contributed by atoms with Crippen molar-refractivity contribution in [2.45, 2.75) is 39.8 Å². The lowest BCUT2D eigenvalue weighted by molar-refractivity contribution is 0.122. The summed E-state index contributed by atoms with van der Waals surface area (Å²) < 4.78 is 5.40. The molecule has 2 N–H and O–H groups in total. The van der Waals surface area contributed by atoms with Gasteiger partial charge < -0.3 is 20.3 Å². The molecule has 1 fully saturated rings. The molecule has 0 aliphatic carbocycles. The van der Waals surface area contributed by atoms with Gasteiger partial charge in [0.2, 0.25) is 0 Å². The second-order valence-corrected chi connectivity index (χ2v) is 5.91. The van der Waals surface area contributed by atoms with Gasteiger partial charge in [-0.2, -0.15) is 0 Å². The summed E-state index contributed by atoms with van der Waals surface area (Å²) in [5.74, 6) is 0.888. The highest BCUT2D eigenvalue weighted by atomic mass is 16.5. The molecule has 1 heterocycles.